The highest BCUT2D eigenvalue weighted by molar-refractivity contribution is 6.46. The normalized spacial score (nSPS) is 21.5. The minimum atomic E-state index is -0.693. The van der Waals surface area contributed by atoms with Crippen molar-refractivity contribution in [2.75, 3.05) is 27.4 Å². The zero-order valence-electron chi connectivity index (χ0n) is 18.5. The van der Waals surface area contributed by atoms with Gasteiger partial charge in [-0.1, -0.05) is 12.1 Å². The van der Waals surface area contributed by atoms with Crippen LogP contribution < -0.4 is 9.47 Å². The van der Waals surface area contributed by atoms with Crippen LogP contribution in [-0.2, 0) is 20.7 Å². The topological polar surface area (TPSA) is 85.3 Å². The molecule has 2 heterocycles. The number of aliphatic hydroxyl groups excluding tert-OH is 1. The maximum Gasteiger partial charge on any atom is 0.295 e. The number of methoxy groups -OCH3 is 2. The van der Waals surface area contributed by atoms with Crippen molar-refractivity contribution in [2.45, 2.75) is 31.9 Å². The monoisotopic (exact) mass is 437 g/mol. The second-order valence-electron chi connectivity index (χ2n) is 8.07. The highest BCUT2D eigenvalue weighted by Gasteiger charge is 2.45. The van der Waals surface area contributed by atoms with E-state index in [0.29, 0.717) is 30.9 Å². The molecule has 0 aromatic heterocycles. The molecule has 7 nitrogen and oxygen atoms in total. The fraction of sp³-hybridized carbons (Fsp3) is 0.360. The number of nitrogens with zero attached hydrogens (tertiary/aromatic N) is 1. The van der Waals surface area contributed by atoms with Gasteiger partial charge in [0.1, 0.15) is 23.4 Å². The van der Waals surface area contributed by atoms with E-state index >= 15 is 0 Å². The van der Waals surface area contributed by atoms with Gasteiger partial charge in [0.25, 0.3) is 11.7 Å². The summed E-state index contributed by atoms with van der Waals surface area (Å²) in [6, 6.07) is 11.8. The van der Waals surface area contributed by atoms with E-state index in [1.54, 1.807) is 38.5 Å². The highest BCUT2D eigenvalue weighted by Crippen LogP contribution is 2.41. The minimum Gasteiger partial charge on any atom is -0.507 e. The number of ketones is 1. The Morgan fingerprint density at radius 3 is 2.59 bits per heavy atom. The first-order valence-electron chi connectivity index (χ1n) is 10.7. The van der Waals surface area contributed by atoms with Gasteiger partial charge >= 0.3 is 0 Å². The Hall–Kier alpha value is -3.32. The Kier molecular flexibility index (Phi) is 6.19. The summed E-state index contributed by atoms with van der Waals surface area (Å²) in [5, 5.41) is 11.2. The van der Waals surface area contributed by atoms with Gasteiger partial charge in [-0.05, 0) is 54.8 Å². The van der Waals surface area contributed by atoms with Gasteiger partial charge in [0.05, 0.1) is 18.7 Å². The van der Waals surface area contributed by atoms with Crippen molar-refractivity contribution in [1.82, 2.24) is 4.90 Å². The molecule has 0 bridgehead atoms. The summed E-state index contributed by atoms with van der Waals surface area (Å²) in [7, 11) is 3.16. The number of amides is 1. The summed E-state index contributed by atoms with van der Waals surface area (Å²) >= 11 is 0. The van der Waals surface area contributed by atoms with Crippen LogP contribution in [-0.4, -0.2) is 55.2 Å². The van der Waals surface area contributed by atoms with Crippen molar-refractivity contribution in [3.05, 3.63) is 64.7 Å². The number of carbonyl (C=O) groups excluding carboxylic acids is 2. The Balaban J connectivity index is 1.79. The maximum absolute atomic E-state index is 13.1. The average Bonchev–Trinajstić information content (AvgIpc) is 3.29. The molecule has 0 saturated carbocycles. The van der Waals surface area contributed by atoms with Gasteiger partial charge in [0, 0.05) is 32.2 Å². The maximum atomic E-state index is 13.1. The Morgan fingerprint density at radius 2 is 1.91 bits per heavy atom. The number of rotatable bonds is 7. The van der Waals surface area contributed by atoms with E-state index in [2.05, 4.69) is 0 Å². The van der Waals surface area contributed by atoms with Gasteiger partial charge in [-0.2, -0.15) is 0 Å². The van der Waals surface area contributed by atoms with E-state index in [9.17, 15) is 14.7 Å². The largest absolute Gasteiger partial charge is 0.507 e. The lowest BCUT2D eigenvalue weighted by Crippen LogP contribution is -2.31. The van der Waals surface area contributed by atoms with Crippen molar-refractivity contribution in [3.63, 3.8) is 0 Å². The van der Waals surface area contributed by atoms with E-state index in [1.165, 1.54) is 4.90 Å². The van der Waals surface area contributed by atoms with E-state index in [0.717, 1.165) is 23.3 Å². The summed E-state index contributed by atoms with van der Waals surface area (Å²) in [5.74, 6) is -0.0493. The van der Waals surface area contributed by atoms with Crippen LogP contribution in [0.15, 0.2) is 48.0 Å². The summed E-state index contributed by atoms with van der Waals surface area (Å²) in [6.07, 6.45) is 1.36. The molecule has 1 amide bonds. The van der Waals surface area contributed by atoms with Gasteiger partial charge in [0.15, 0.2) is 0 Å². The third-order valence-electron chi connectivity index (χ3n) is 5.89. The second-order valence-corrected chi connectivity index (χ2v) is 8.07. The standard InChI is InChI=1S/C25H27NO6/c1-15-13-18-14-17(7-10-20(18)32-15)23(27)21-22(16-5-8-19(31-3)9-6-16)26(11-4-12-30-2)25(29)24(21)28/h5-10,14-15,22,27H,4,11-13H2,1-3H3/b23-21+/t15-,22-/m1/s1. The van der Waals surface area contributed by atoms with E-state index in [-0.39, 0.29) is 17.4 Å². The fourth-order valence-corrected chi connectivity index (χ4v) is 4.35. The van der Waals surface area contributed by atoms with Crippen molar-refractivity contribution >= 4 is 17.4 Å². The van der Waals surface area contributed by atoms with Crippen LogP contribution in [0, 0.1) is 0 Å². The number of ether oxygens (including phenoxy) is 3. The molecule has 0 unspecified atom stereocenters. The molecule has 7 heteroatoms. The number of carbonyl (C=O) groups is 2. The quantitative estimate of drug-likeness (QED) is 0.309. The van der Waals surface area contributed by atoms with Crippen LogP contribution in [0.4, 0.5) is 0 Å². The third kappa shape index (κ3) is 3.96. The molecule has 168 valence electrons. The van der Waals surface area contributed by atoms with Crippen LogP contribution >= 0.6 is 0 Å². The van der Waals surface area contributed by atoms with Crippen LogP contribution in [0.25, 0.3) is 5.76 Å². The predicted molar refractivity (Wildman–Crippen MR) is 119 cm³/mol. The Morgan fingerprint density at radius 1 is 1.16 bits per heavy atom. The molecule has 2 atom stereocenters. The lowest BCUT2D eigenvalue weighted by molar-refractivity contribution is -0.140. The molecule has 2 aliphatic heterocycles. The molecule has 0 aliphatic carbocycles. The zero-order valence-corrected chi connectivity index (χ0v) is 18.5. The molecule has 0 radical (unpaired) electrons. The second kappa shape index (κ2) is 9.04. The Bertz CT molecular complexity index is 1060. The molecule has 2 aromatic carbocycles. The number of Topliss-reactive ketones (excluding diaryl/α,β-unsaturated/α-hetero) is 1. The van der Waals surface area contributed by atoms with E-state index in [1.807, 2.05) is 25.1 Å². The smallest absolute Gasteiger partial charge is 0.295 e. The summed E-state index contributed by atoms with van der Waals surface area (Å²) in [5.41, 5.74) is 2.28. The highest BCUT2D eigenvalue weighted by atomic mass is 16.5. The first kappa shape index (κ1) is 21.9. The summed E-state index contributed by atoms with van der Waals surface area (Å²) in [6.45, 7) is 2.78. The number of fused-ring (bicyclic) bond motifs is 1. The van der Waals surface area contributed by atoms with Gasteiger partial charge < -0.3 is 24.2 Å². The molecule has 32 heavy (non-hydrogen) atoms. The number of likely N-dealkylation sites (tertiary alicyclic amines) is 1. The Labute approximate surface area is 187 Å². The number of hydrogen-bond donors (Lipinski definition) is 1. The van der Waals surface area contributed by atoms with Gasteiger partial charge in [-0.25, -0.2) is 0 Å². The minimum absolute atomic E-state index is 0.0630. The molecular formula is C25H27NO6. The lowest BCUT2D eigenvalue weighted by atomic mass is 9.94. The van der Waals surface area contributed by atoms with Gasteiger partial charge in [-0.15, -0.1) is 0 Å². The first-order chi connectivity index (χ1) is 15.4. The molecule has 1 fully saturated rings. The zero-order chi connectivity index (χ0) is 22.8. The van der Waals surface area contributed by atoms with Crippen LogP contribution in [0.2, 0.25) is 0 Å². The van der Waals surface area contributed by atoms with Crippen LogP contribution in [0.1, 0.15) is 36.1 Å². The number of benzene rings is 2. The predicted octanol–water partition coefficient (Wildman–Crippen LogP) is 3.48. The number of aliphatic hydroxyl groups is 1. The molecular weight excluding hydrogens is 410 g/mol. The van der Waals surface area contributed by atoms with Crippen molar-refractivity contribution < 1.29 is 28.9 Å². The van der Waals surface area contributed by atoms with Crippen LogP contribution in [0.3, 0.4) is 0 Å². The lowest BCUT2D eigenvalue weighted by Gasteiger charge is -2.25. The molecule has 1 N–H and O–H groups in total. The number of hydrogen-bond acceptors (Lipinski definition) is 6. The summed E-state index contributed by atoms with van der Waals surface area (Å²) in [4.78, 5) is 27.5. The molecule has 1 saturated heterocycles. The van der Waals surface area contributed by atoms with Crippen molar-refractivity contribution in [2.24, 2.45) is 0 Å². The van der Waals surface area contributed by atoms with E-state index < -0.39 is 17.7 Å². The van der Waals surface area contributed by atoms with Crippen LogP contribution in [0.5, 0.6) is 11.5 Å². The molecule has 4 rings (SSSR count). The van der Waals surface area contributed by atoms with Crippen molar-refractivity contribution in [1.29, 1.82) is 0 Å². The van der Waals surface area contributed by atoms with Gasteiger partial charge in [-0.3, -0.25) is 9.59 Å². The van der Waals surface area contributed by atoms with Crippen molar-refractivity contribution in [3.8, 4) is 11.5 Å². The third-order valence-corrected chi connectivity index (χ3v) is 5.89. The summed E-state index contributed by atoms with van der Waals surface area (Å²) < 4.78 is 16.1. The fourth-order valence-electron chi connectivity index (χ4n) is 4.35. The SMILES string of the molecule is COCCCN1C(=O)C(=O)/C(=C(/O)c2ccc3c(c2)C[C@@H](C)O3)[C@H]1c1ccc(OC)cc1. The van der Waals surface area contributed by atoms with Gasteiger partial charge in [0.2, 0.25) is 0 Å². The average molecular weight is 437 g/mol. The first-order valence-corrected chi connectivity index (χ1v) is 10.7. The molecule has 0 spiro atoms. The molecule has 2 aliphatic rings. The van der Waals surface area contributed by atoms with E-state index in [4.69, 9.17) is 14.2 Å². The molecule has 2 aromatic rings.